The Morgan fingerprint density at radius 3 is 2.57 bits per heavy atom. The molecule has 1 fully saturated rings. The van der Waals surface area contributed by atoms with Gasteiger partial charge in [0.2, 0.25) is 0 Å². The number of likely N-dealkylation sites (tertiary alicyclic amines) is 1. The van der Waals surface area contributed by atoms with Crippen LogP contribution < -0.4 is 9.47 Å². The Labute approximate surface area is 183 Å². The van der Waals surface area contributed by atoms with Gasteiger partial charge in [-0.3, -0.25) is 9.79 Å². The number of carbonyl (C=O) groups is 1. The second-order valence-corrected chi connectivity index (χ2v) is 7.92. The molecule has 0 saturated carbocycles. The SMILES string of the molecule is COc1cc(C=NCCN2CCCCC2)cc(Cl)c1OCc1ccc(C(C)=O)cc1. The van der Waals surface area contributed by atoms with Crippen molar-refractivity contribution in [2.24, 2.45) is 4.99 Å². The zero-order valence-corrected chi connectivity index (χ0v) is 18.5. The molecule has 1 saturated heterocycles. The lowest BCUT2D eigenvalue weighted by Gasteiger charge is -2.25. The van der Waals surface area contributed by atoms with Gasteiger partial charge in [0.05, 0.1) is 18.7 Å². The van der Waals surface area contributed by atoms with Gasteiger partial charge in [-0.1, -0.05) is 42.3 Å². The minimum Gasteiger partial charge on any atom is -0.493 e. The standard InChI is InChI=1S/C24H29ClN2O3/c1-18(28)21-8-6-19(7-9-21)17-30-24-22(25)14-20(15-23(24)29-2)16-26-10-13-27-11-4-3-5-12-27/h6-9,14-16H,3-5,10-13,17H2,1-2H3. The van der Waals surface area contributed by atoms with Crippen molar-refractivity contribution < 1.29 is 14.3 Å². The van der Waals surface area contributed by atoms with Crippen LogP contribution >= 0.6 is 11.6 Å². The number of halogens is 1. The fourth-order valence-electron chi connectivity index (χ4n) is 3.50. The van der Waals surface area contributed by atoms with E-state index in [1.54, 1.807) is 26.2 Å². The molecule has 1 heterocycles. The number of hydrogen-bond donors (Lipinski definition) is 0. The van der Waals surface area contributed by atoms with Crippen molar-refractivity contribution >= 4 is 23.6 Å². The summed E-state index contributed by atoms with van der Waals surface area (Å²) in [5, 5.41) is 0.479. The highest BCUT2D eigenvalue weighted by molar-refractivity contribution is 6.32. The van der Waals surface area contributed by atoms with Crippen LogP contribution in [-0.2, 0) is 6.61 Å². The molecule has 1 aliphatic rings. The van der Waals surface area contributed by atoms with Gasteiger partial charge >= 0.3 is 0 Å². The Kier molecular flexibility index (Phi) is 8.29. The van der Waals surface area contributed by atoms with Crippen molar-refractivity contribution in [3.63, 3.8) is 0 Å². The molecule has 160 valence electrons. The molecule has 0 bridgehead atoms. The molecule has 1 aliphatic heterocycles. The van der Waals surface area contributed by atoms with E-state index in [0.29, 0.717) is 28.7 Å². The minimum absolute atomic E-state index is 0.0420. The van der Waals surface area contributed by atoms with Gasteiger partial charge < -0.3 is 14.4 Å². The van der Waals surface area contributed by atoms with Crippen LogP contribution in [0, 0.1) is 0 Å². The van der Waals surface area contributed by atoms with Gasteiger partial charge in [-0.15, -0.1) is 0 Å². The lowest BCUT2D eigenvalue weighted by atomic mass is 10.1. The lowest BCUT2D eigenvalue weighted by molar-refractivity contribution is 0.101. The van der Waals surface area contributed by atoms with Crippen molar-refractivity contribution in [3.05, 3.63) is 58.1 Å². The first kappa shape index (κ1) is 22.3. The summed E-state index contributed by atoms with van der Waals surface area (Å²) in [5.74, 6) is 1.11. The second kappa shape index (κ2) is 11.1. The van der Waals surface area contributed by atoms with E-state index in [-0.39, 0.29) is 5.78 Å². The summed E-state index contributed by atoms with van der Waals surface area (Å²) in [5.41, 5.74) is 2.51. The first-order valence-electron chi connectivity index (χ1n) is 10.4. The van der Waals surface area contributed by atoms with Gasteiger partial charge in [0.15, 0.2) is 17.3 Å². The Morgan fingerprint density at radius 1 is 1.17 bits per heavy atom. The number of methoxy groups -OCH3 is 1. The Hall–Kier alpha value is -2.37. The highest BCUT2D eigenvalue weighted by atomic mass is 35.5. The monoisotopic (exact) mass is 428 g/mol. The maximum absolute atomic E-state index is 11.4. The topological polar surface area (TPSA) is 51.1 Å². The van der Waals surface area contributed by atoms with E-state index in [9.17, 15) is 4.79 Å². The number of benzene rings is 2. The number of Topliss-reactive ketones (excluding diaryl/α,β-unsaturated/α-hetero) is 1. The molecule has 6 heteroatoms. The normalized spacial score (nSPS) is 14.8. The predicted octanol–water partition coefficient (Wildman–Crippen LogP) is 5.04. The van der Waals surface area contributed by atoms with Crippen molar-refractivity contribution in [2.75, 3.05) is 33.3 Å². The van der Waals surface area contributed by atoms with E-state index in [1.807, 2.05) is 30.5 Å². The second-order valence-electron chi connectivity index (χ2n) is 7.51. The maximum atomic E-state index is 11.4. The number of rotatable bonds is 9. The molecule has 0 aromatic heterocycles. The quantitative estimate of drug-likeness (QED) is 0.415. The fraction of sp³-hybridized carbons (Fsp3) is 0.417. The predicted molar refractivity (Wildman–Crippen MR) is 122 cm³/mol. The molecule has 0 atom stereocenters. The minimum atomic E-state index is 0.0420. The van der Waals surface area contributed by atoms with Gasteiger partial charge in [-0.25, -0.2) is 0 Å². The lowest BCUT2D eigenvalue weighted by Crippen LogP contribution is -2.31. The first-order chi connectivity index (χ1) is 14.6. The Morgan fingerprint density at radius 2 is 1.90 bits per heavy atom. The summed E-state index contributed by atoms with van der Waals surface area (Å²) >= 11 is 6.46. The third-order valence-corrected chi connectivity index (χ3v) is 5.51. The first-order valence-corrected chi connectivity index (χ1v) is 10.8. The molecule has 0 aliphatic carbocycles. The molecule has 2 aromatic carbocycles. The molecule has 0 amide bonds. The van der Waals surface area contributed by atoms with E-state index in [0.717, 1.165) is 24.2 Å². The van der Waals surface area contributed by atoms with Gasteiger partial charge in [0.1, 0.15) is 6.61 Å². The fourth-order valence-corrected chi connectivity index (χ4v) is 3.77. The van der Waals surface area contributed by atoms with Gasteiger partial charge in [0, 0.05) is 18.3 Å². The van der Waals surface area contributed by atoms with Crippen molar-refractivity contribution in [2.45, 2.75) is 32.8 Å². The summed E-state index contributed by atoms with van der Waals surface area (Å²) in [6.07, 6.45) is 5.76. The largest absolute Gasteiger partial charge is 0.493 e. The van der Waals surface area contributed by atoms with Crippen LogP contribution in [0.4, 0.5) is 0 Å². The summed E-state index contributed by atoms with van der Waals surface area (Å²) in [6.45, 7) is 6.00. The van der Waals surface area contributed by atoms with Crippen molar-refractivity contribution in [1.29, 1.82) is 0 Å². The van der Waals surface area contributed by atoms with Crippen LogP contribution in [0.1, 0.15) is 47.7 Å². The molecule has 3 rings (SSSR count). The molecule has 0 N–H and O–H groups in total. The zero-order chi connectivity index (χ0) is 21.3. The van der Waals surface area contributed by atoms with Gasteiger partial charge in [0.25, 0.3) is 0 Å². The smallest absolute Gasteiger partial charge is 0.180 e. The number of ketones is 1. The number of carbonyl (C=O) groups excluding carboxylic acids is 1. The molecule has 0 unspecified atom stereocenters. The third kappa shape index (κ3) is 6.31. The molecular weight excluding hydrogens is 400 g/mol. The Bertz CT molecular complexity index is 875. The molecule has 0 spiro atoms. The van der Waals surface area contributed by atoms with Crippen LogP contribution in [0.15, 0.2) is 41.4 Å². The van der Waals surface area contributed by atoms with Crippen molar-refractivity contribution in [1.82, 2.24) is 4.90 Å². The molecule has 2 aromatic rings. The number of hydrogen-bond acceptors (Lipinski definition) is 5. The molecule has 5 nitrogen and oxygen atoms in total. The highest BCUT2D eigenvalue weighted by Crippen LogP contribution is 2.36. The number of nitrogens with zero attached hydrogens (tertiary/aromatic N) is 2. The van der Waals surface area contributed by atoms with Crippen LogP contribution in [0.5, 0.6) is 11.5 Å². The summed E-state index contributed by atoms with van der Waals surface area (Å²) in [4.78, 5) is 18.4. The van der Waals surface area contributed by atoms with E-state index in [1.165, 1.54) is 32.4 Å². The molecule has 30 heavy (non-hydrogen) atoms. The van der Waals surface area contributed by atoms with E-state index >= 15 is 0 Å². The van der Waals surface area contributed by atoms with E-state index < -0.39 is 0 Å². The number of ether oxygens (including phenoxy) is 2. The summed E-state index contributed by atoms with van der Waals surface area (Å²) in [7, 11) is 1.59. The number of piperidine rings is 1. The molecular formula is C24H29ClN2O3. The zero-order valence-electron chi connectivity index (χ0n) is 17.7. The van der Waals surface area contributed by atoms with Crippen LogP contribution in [0.25, 0.3) is 0 Å². The average Bonchev–Trinajstić information content (AvgIpc) is 2.76. The third-order valence-electron chi connectivity index (χ3n) is 5.23. The highest BCUT2D eigenvalue weighted by Gasteiger charge is 2.12. The number of aliphatic imine (C=N–C) groups is 1. The van der Waals surface area contributed by atoms with Gasteiger partial charge in [-0.2, -0.15) is 0 Å². The summed E-state index contributed by atoms with van der Waals surface area (Å²) in [6, 6.07) is 11.1. The maximum Gasteiger partial charge on any atom is 0.180 e. The summed E-state index contributed by atoms with van der Waals surface area (Å²) < 4.78 is 11.4. The molecule has 0 radical (unpaired) electrons. The van der Waals surface area contributed by atoms with Gasteiger partial charge in [-0.05, 0) is 56.1 Å². The van der Waals surface area contributed by atoms with Crippen LogP contribution in [-0.4, -0.2) is 50.2 Å². The van der Waals surface area contributed by atoms with Crippen LogP contribution in [0.3, 0.4) is 0 Å². The van der Waals surface area contributed by atoms with E-state index in [2.05, 4.69) is 9.89 Å². The average molecular weight is 429 g/mol. The van der Waals surface area contributed by atoms with Crippen molar-refractivity contribution in [3.8, 4) is 11.5 Å². The van der Waals surface area contributed by atoms with Crippen LogP contribution in [0.2, 0.25) is 5.02 Å². The Balaban J connectivity index is 1.60. The van der Waals surface area contributed by atoms with E-state index in [4.69, 9.17) is 21.1 Å².